The summed E-state index contributed by atoms with van der Waals surface area (Å²) in [7, 11) is -23.3. The second-order valence-electron chi connectivity index (χ2n) is 2.24. The van der Waals surface area contributed by atoms with Gasteiger partial charge in [-0.15, -0.1) is 0 Å². The Morgan fingerprint density at radius 2 is 0.259 bits per heavy atom. The average molecular weight is 543 g/mol. The summed E-state index contributed by atoms with van der Waals surface area (Å²) in [6.45, 7) is 0. The van der Waals surface area contributed by atoms with Crippen molar-refractivity contribution >= 4 is 98.1 Å². The Bertz CT molecular complexity index is 619. The molecule has 0 heterocycles. The van der Waals surface area contributed by atoms with Gasteiger partial charge in [0.25, 0.3) is 0 Å². The summed E-state index contributed by atoms with van der Waals surface area (Å²) in [5, 5.41) is 0. The molecule has 27 heteroatoms. The topological polar surface area (TPSA) is 373 Å². The van der Waals surface area contributed by atoms with Gasteiger partial charge in [0, 0.05) is 0 Å². The molecule has 0 unspecified atom stereocenters. The zero-order chi connectivity index (χ0) is 22.5. The first-order chi connectivity index (χ1) is 10.0. The lowest BCUT2D eigenvalue weighted by Gasteiger charge is -1.68. The Morgan fingerprint density at radius 1 is 0.259 bits per heavy atom. The average Bonchev–Trinajstić information content (AvgIpc) is 1.79. The zero-order valence-electron chi connectivity index (χ0n) is 10.6. The Kier molecular flexibility index (Phi) is 32.3. The number of rotatable bonds is 0. The fraction of sp³-hybridized carbons (Fsp3) is 0. The molecule has 0 saturated heterocycles. The minimum absolute atomic E-state index is 0. The lowest BCUT2D eigenvalue weighted by Crippen LogP contribution is -1.89. The van der Waals surface area contributed by atoms with Crippen LogP contribution in [0.4, 0.5) is 0 Å². The van der Waals surface area contributed by atoms with Crippen molar-refractivity contribution in [2.75, 3.05) is 0 Å². The van der Waals surface area contributed by atoms with Crippen LogP contribution in [0.3, 0.4) is 0 Å². The standard InChI is InChI=1S/2Mg.5H2O4S.4H/c;;5*1-5(2,3)4;;;;/h;;5*(H2,1,2,3,4);;;;. The molecule has 0 bridgehead atoms. The molecule has 20 nitrogen and oxygen atoms in total. The molecule has 0 radical (unpaired) electrons. The van der Waals surface area contributed by atoms with Crippen LogP contribution in [0.2, 0.25) is 0 Å². The lowest BCUT2D eigenvalue weighted by atomic mass is 15.8. The fourth-order valence-corrected chi connectivity index (χ4v) is 0. The van der Waals surface area contributed by atoms with Crippen LogP contribution in [0.1, 0.15) is 0 Å². The molecule has 0 aromatic carbocycles. The van der Waals surface area contributed by atoms with Gasteiger partial charge in [-0.05, 0) is 0 Å². The van der Waals surface area contributed by atoms with Gasteiger partial charge in [0.2, 0.25) is 0 Å². The highest BCUT2D eigenvalue weighted by atomic mass is 32.3. The maximum Gasteiger partial charge on any atom is 0.394 e. The highest BCUT2D eigenvalue weighted by Gasteiger charge is 1.86. The molecule has 0 amide bonds. The van der Waals surface area contributed by atoms with Crippen molar-refractivity contribution in [3.63, 3.8) is 0 Å². The Balaban J connectivity index is -0.0000000364. The summed E-state index contributed by atoms with van der Waals surface area (Å²) in [6, 6.07) is 0. The molecule has 0 aliphatic heterocycles. The van der Waals surface area contributed by atoms with E-state index in [0.29, 0.717) is 0 Å². The van der Waals surface area contributed by atoms with Crippen molar-refractivity contribution in [1.29, 1.82) is 0 Å². The normalized spacial score (nSPS) is 10.7. The number of hydrogen-bond acceptors (Lipinski definition) is 10. The van der Waals surface area contributed by atoms with E-state index in [2.05, 4.69) is 0 Å². The van der Waals surface area contributed by atoms with Crippen LogP contribution in [0.25, 0.3) is 0 Å². The van der Waals surface area contributed by atoms with Gasteiger partial charge in [-0.2, -0.15) is 42.1 Å². The summed E-state index contributed by atoms with van der Waals surface area (Å²) >= 11 is 0. The second-order valence-corrected chi connectivity index (χ2v) is 6.72. The van der Waals surface area contributed by atoms with Crippen molar-refractivity contribution in [3.05, 3.63) is 0 Å². The summed E-state index contributed by atoms with van der Waals surface area (Å²) in [5.41, 5.74) is 0. The van der Waals surface area contributed by atoms with E-state index in [1.165, 1.54) is 0 Å². The molecule has 0 aromatic heterocycles. The molecule has 0 aromatic rings. The maximum absolute atomic E-state index is 8.74. The molecular weight excluding hydrogens is 529 g/mol. The van der Waals surface area contributed by atoms with E-state index in [0.717, 1.165) is 0 Å². The molecular formula is H14Mg2O20S5. The minimum atomic E-state index is -4.67. The van der Waals surface area contributed by atoms with Crippen LogP contribution in [0.15, 0.2) is 0 Å². The SMILES string of the molecule is O=S(=O)(O)O.O=S(=O)(O)O.O=S(=O)(O)O.O=S(=O)(O)O.O=S(=O)(O)O.[MgH2].[MgH2]. The number of hydrogen-bond donors (Lipinski definition) is 10. The molecule has 0 fully saturated rings. The molecule has 0 rings (SSSR count). The second kappa shape index (κ2) is 18.9. The van der Waals surface area contributed by atoms with Crippen LogP contribution >= 0.6 is 0 Å². The van der Waals surface area contributed by atoms with E-state index in [1.54, 1.807) is 0 Å². The van der Waals surface area contributed by atoms with Crippen LogP contribution in [0, 0.1) is 0 Å². The van der Waals surface area contributed by atoms with Gasteiger partial charge >= 0.3 is 98.1 Å². The van der Waals surface area contributed by atoms with Crippen molar-refractivity contribution in [2.24, 2.45) is 0 Å². The summed E-state index contributed by atoms with van der Waals surface area (Å²) in [4.78, 5) is 0. The largest absolute Gasteiger partial charge is 0.394 e. The molecule has 0 aliphatic rings. The predicted octanol–water partition coefficient (Wildman–Crippen LogP) is -5.10. The third-order valence-electron chi connectivity index (χ3n) is 0. The maximum atomic E-state index is 8.74. The quantitative estimate of drug-likeness (QED) is 0.101. The monoisotopic (exact) mass is 542 g/mol. The molecule has 0 saturated carbocycles. The van der Waals surface area contributed by atoms with Gasteiger partial charge < -0.3 is 0 Å². The lowest BCUT2D eigenvalue weighted by molar-refractivity contribution is 0.378. The van der Waals surface area contributed by atoms with E-state index in [4.69, 9.17) is 87.6 Å². The van der Waals surface area contributed by atoms with E-state index in [9.17, 15) is 0 Å². The van der Waals surface area contributed by atoms with E-state index in [1.807, 2.05) is 0 Å². The van der Waals surface area contributed by atoms with Gasteiger partial charge in [0.1, 0.15) is 0 Å². The fourth-order valence-electron chi connectivity index (χ4n) is 0. The van der Waals surface area contributed by atoms with E-state index < -0.39 is 52.0 Å². The summed E-state index contributed by atoms with van der Waals surface area (Å²) in [6.07, 6.45) is 0. The third-order valence-corrected chi connectivity index (χ3v) is 0. The van der Waals surface area contributed by atoms with Gasteiger partial charge in [-0.3, -0.25) is 45.5 Å². The highest BCUT2D eigenvalue weighted by molar-refractivity contribution is 7.80. The first-order valence-corrected chi connectivity index (χ1v) is 10.5. The zero-order valence-corrected chi connectivity index (χ0v) is 14.7. The predicted molar refractivity (Wildman–Crippen MR) is 88.0 cm³/mol. The van der Waals surface area contributed by atoms with Gasteiger partial charge in [-0.25, -0.2) is 0 Å². The Morgan fingerprint density at radius 3 is 0.259 bits per heavy atom. The van der Waals surface area contributed by atoms with Gasteiger partial charge in [0.05, 0.1) is 0 Å². The van der Waals surface area contributed by atoms with Crippen molar-refractivity contribution in [1.82, 2.24) is 0 Å². The highest BCUT2D eigenvalue weighted by Crippen LogP contribution is 1.60. The van der Waals surface area contributed by atoms with Crippen LogP contribution in [0.5, 0.6) is 0 Å². The molecule has 27 heavy (non-hydrogen) atoms. The van der Waals surface area contributed by atoms with Gasteiger partial charge in [-0.1, -0.05) is 0 Å². The van der Waals surface area contributed by atoms with Gasteiger partial charge in [0.15, 0.2) is 0 Å². The summed E-state index contributed by atoms with van der Waals surface area (Å²) in [5.74, 6) is 0. The van der Waals surface area contributed by atoms with E-state index in [-0.39, 0.29) is 46.1 Å². The smallest absolute Gasteiger partial charge is 0.264 e. The summed E-state index contributed by atoms with van der Waals surface area (Å²) < 4.78 is 158. The molecule has 10 N–H and O–H groups in total. The minimum Gasteiger partial charge on any atom is -0.264 e. The molecule has 0 aliphatic carbocycles. The Labute approximate surface area is 184 Å². The van der Waals surface area contributed by atoms with E-state index >= 15 is 0 Å². The van der Waals surface area contributed by atoms with Crippen molar-refractivity contribution < 1.29 is 87.6 Å². The Hall–Kier alpha value is 0.882. The van der Waals surface area contributed by atoms with Crippen LogP contribution in [-0.4, -0.2) is 134 Å². The van der Waals surface area contributed by atoms with Crippen molar-refractivity contribution in [3.8, 4) is 0 Å². The van der Waals surface area contributed by atoms with Crippen LogP contribution < -0.4 is 0 Å². The first-order valence-electron chi connectivity index (χ1n) is 3.49. The molecule has 168 valence electrons. The van der Waals surface area contributed by atoms with Crippen molar-refractivity contribution in [2.45, 2.75) is 0 Å². The molecule has 0 spiro atoms. The third kappa shape index (κ3) is 21400. The molecule has 0 atom stereocenters. The first kappa shape index (κ1) is 46.2. The van der Waals surface area contributed by atoms with Crippen LogP contribution in [-0.2, 0) is 52.0 Å².